The second-order valence-electron chi connectivity index (χ2n) is 9.13. The summed E-state index contributed by atoms with van der Waals surface area (Å²) in [6.45, 7) is 7.07. The Labute approximate surface area is 222 Å². The molecule has 5 rings (SSSR count). The smallest absolute Gasteiger partial charge is 0.340 e. The van der Waals surface area contributed by atoms with Gasteiger partial charge in [0.15, 0.2) is 0 Å². The molecule has 8 nitrogen and oxygen atoms in total. The van der Waals surface area contributed by atoms with Gasteiger partial charge in [-0.1, -0.05) is 35.9 Å². The van der Waals surface area contributed by atoms with Crippen molar-refractivity contribution in [1.82, 2.24) is 9.47 Å². The van der Waals surface area contributed by atoms with E-state index in [0.717, 1.165) is 35.6 Å². The van der Waals surface area contributed by atoms with Gasteiger partial charge in [0.25, 0.3) is 0 Å². The minimum Gasteiger partial charge on any atom is -0.462 e. The Hall–Kier alpha value is -3.66. The summed E-state index contributed by atoms with van der Waals surface area (Å²) < 4.78 is 44.5. The van der Waals surface area contributed by atoms with E-state index in [1.807, 2.05) is 41.8 Å². The van der Waals surface area contributed by atoms with Gasteiger partial charge in [0.05, 0.1) is 36.6 Å². The molecule has 3 aromatic carbocycles. The highest BCUT2D eigenvalue weighted by Crippen LogP contribution is 2.35. The quantitative estimate of drug-likeness (QED) is 0.239. The second-order valence-corrected chi connectivity index (χ2v) is 10.7. The lowest BCUT2D eigenvalue weighted by Crippen LogP contribution is -2.36. The molecule has 0 radical (unpaired) electrons. The molecular formula is C29H30N2O6S. The molecule has 0 atom stereocenters. The number of morpholine rings is 1. The second kappa shape index (κ2) is 11.0. The van der Waals surface area contributed by atoms with Gasteiger partial charge in [-0.3, -0.25) is 4.90 Å². The van der Waals surface area contributed by atoms with Crippen LogP contribution in [0.2, 0.25) is 0 Å². The first-order valence-electron chi connectivity index (χ1n) is 12.6. The summed E-state index contributed by atoms with van der Waals surface area (Å²) in [6.07, 6.45) is 0. The van der Waals surface area contributed by atoms with Crippen molar-refractivity contribution in [2.75, 3.05) is 32.9 Å². The average Bonchev–Trinajstić information content (AvgIpc) is 3.22. The molecule has 2 heterocycles. The lowest BCUT2D eigenvalue weighted by Gasteiger charge is -2.27. The van der Waals surface area contributed by atoms with E-state index < -0.39 is 16.1 Å². The van der Waals surface area contributed by atoms with Crippen LogP contribution in [0.15, 0.2) is 77.7 Å². The predicted molar refractivity (Wildman–Crippen MR) is 144 cm³/mol. The van der Waals surface area contributed by atoms with Crippen molar-refractivity contribution in [2.24, 2.45) is 0 Å². The van der Waals surface area contributed by atoms with E-state index >= 15 is 0 Å². The number of para-hydroxylation sites is 1. The molecule has 0 unspecified atom stereocenters. The van der Waals surface area contributed by atoms with Crippen LogP contribution in [0.4, 0.5) is 0 Å². The van der Waals surface area contributed by atoms with Crippen LogP contribution < -0.4 is 4.18 Å². The number of fused-ring (bicyclic) bond motifs is 1. The SMILES string of the molecule is CCOC(=O)c1c(CN2CCOCC2)n(-c2ccccc2)c2ccc(OS(=O)(=O)c3ccc(C)cc3)cc12. The van der Waals surface area contributed by atoms with Gasteiger partial charge >= 0.3 is 16.1 Å². The average molecular weight is 535 g/mol. The van der Waals surface area contributed by atoms with E-state index in [0.29, 0.717) is 30.7 Å². The van der Waals surface area contributed by atoms with Gasteiger partial charge in [-0.15, -0.1) is 0 Å². The monoisotopic (exact) mass is 534 g/mol. The van der Waals surface area contributed by atoms with Gasteiger partial charge in [-0.25, -0.2) is 4.79 Å². The highest BCUT2D eigenvalue weighted by molar-refractivity contribution is 7.87. The lowest BCUT2D eigenvalue weighted by molar-refractivity contribution is 0.0329. The lowest BCUT2D eigenvalue weighted by atomic mass is 10.1. The summed E-state index contributed by atoms with van der Waals surface area (Å²) in [5.41, 5.74) is 3.75. The van der Waals surface area contributed by atoms with Crippen LogP contribution >= 0.6 is 0 Å². The Balaban J connectivity index is 1.66. The number of hydrogen-bond acceptors (Lipinski definition) is 7. The first-order valence-corrected chi connectivity index (χ1v) is 14.0. The van der Waals surface area contributed by atoms with E-state index in [1.54, 1.807) is 37.3 Å². The van der Waals surface area contributed by atoms with E-state index in [-0.39, 0.29) is 17.3 Å². The van der Waals surface area contributed by atoms with Crippen LogP contribution in [0, 0.1) is 6.92 Å². The van der Waals surface area contributed by atoms with Gasteiger partial charge < -0.3 is 18.2 Å². The number of esters is 1. The van der Waals surface area contributed by atoms with Crippen molar-refractivity contribution in [1.29, 1.82) is 0 Å². The molecule has 1 aliphatic rings. The largest absolute Gasteiger partial charge is 0.462 e. The first kappa shape index (κ1) is 26.0. The van der Waals surface area contributed by atoms with Gasteiger partial charge in [-0.05, 0) is 56.3 Å². The van der Waals surface area contributed by atoms with Crippen LogP contribution in [0.1, 0.15) is 28.5 Å². The zero-order chi connectivity index (χ0) is 26.7. The number of nitrogens with zero attached hydrogens (tertiary/aromatic N) is 2. The maximum Gasteiger partial charge on any atom is 0.340 e. The fourth-order valence-corrected chi connectivity index (χ4v) is 5.60. The fraction of sp³-hybridized carbons (Fsp3) is 0.276. The molecule has 0 amide bonds. The molecule has 198 valence electrons. The summed E-state index contributed by atoms with van der Waals surface area (Å²) in [5, 5.41) is 0.562. The van der Waals surface area contributed by atoms with E-state index in [9.17, 15) is 13.2 Å². The molecule has 0 bridgehead atoms. The van der Waals surface area contributed by atoms with Crippen LogP contribution in [-0.2, 0) is 26.1 Å². The summed E-state index contributed by atoms with van der Waals surface area (Å²) in [4.78, 5) is 15.7. The normalized spacial score (nSPS) is 14.5. The van der Waals surface area contributed by atoms with Gasteiger partial charge in [0, 0.05) is 30.7 Å². The third-order valence-electron chi connectivity index (χ3n) is 6.52. The minimum absolute atomic E-state index is 0.0590. The summed E-state index contributed by atoms with van der Waals surface area (Å²) in [7, 11) is -4.07. The number of hydrogen-bond donors (Lipinski definition) is 0. The number of ether oxygens (including phenoxy) is 2. The van der Waals surface area contributed by atoms with E-state index in [2.05, 4.69) is 4.90 Å². The van der Waals surface area contributed by atoms with Crippen LogP contribution in [-0.4, -0.2) is 56.8 Å². The minimum atomic E-state index is -4.07. The standard InChI is InChI=1S/C29H30N2O6S/c1-3-36-29(32)28-25-19-23(37-38(33,34)24-12-9-21(2)10-13-24)11-14-26(25)31(22-7-5-4-6-8-22)27(28)20-30-15-17-35-18-16-30/h4-14,19H,3,15-18,20H2,1-2H3. The summed E-state index contributed by atoms with van der Waals surface area (Å²) in [6, 6.07) is 21.2. The van der Waals surface area contributed by atoms with Gasteiger partial charge in [-0.2, -0.15) is 8.42 Å². The van der Waals surface area contributed by atoms with Crippen molar-refractivity contribution < 1.29 is 26.9 Å². The number of carbonyl (C=O) groups is 1. The number of rotatable bonds is 8. The number of carbonyl (C=O) groups excluding carboxylic acids is 1. The predicted octanol–water partition coefficient (Wildman–Crippen LogP) is 4.72. The summed E-state index contributed by atoms with van der Waals surface area (Å²) >= 11 is 0. The van der Waals surface area contributed by atoms with Crippen LogP contribution in [0.5, 0.6) is 5.75 Å². The Morgan fingerprint density at radius 3 is 2.37 bits per heavy atom. The van der Waals surface area contributed by atoms with Gasteiger partial charge in [0.2, 0.25) is 0 Å². The molecule has 0 saturated carbocycles. The summed E-state index contributed by atoms with van der Waals surface area (Å²) in [5.74, 6) is -0.347. The highest BCUT2D eigenvalue weighted by atomic mass is 32.2. The highest BCUT2D eigenvalue weighted by Gasteiger charge is 2.27. The van der Waals surface area contributed by atoms with Crippen LogP contribution in [0.3, 0.4) is 0 Å². The van der Waals surface area contributed by atoms with Crippen molar-refractivity contribution in [2.45, 2.75) is 25.3 Å². The molecule has 1 fully saturated rings. The number of aromatic nitrogens is 1. The van der Waals surface area contributed by atoms with Crippen molar-refractivity contribution in [3.63, 3.8) is 0 Å². The molecular weight excluding hydrogens is 504 g/mol. The molecule has 0 aliphatic carbocycles. The maximum atomic E-state index is 13.4. The molecule has 0 N–H and O–H groups in total. The van der Waals surface area contributed by atoms with E-state index in [1.165, 1.54) is 12.1 Å². The molecule has 9 heteroatoms. The third kappa shape index (κ3) is 5.31. The Kier molecular flexibility index (Phi) is 7.51. The topological polar surface area (TPSA) is 87.1 Å². The van der Waals surface area contributed by atoms with Crippen molar-refractivity contribution in [3.05, 3.63) is 89.6 Å². The zero-order valence-electron chi connectivity index (χ0n) is 21.4. The van der Waals surface area contributed by atoms with E-state index in [4.69, 9.17) is 13.7 Å². The molecule has 0 spiro atoms. The molecule has 1 aliphatic heterocycles. The number of aryl methyl sites for hydroxylation is 1. The van der Waals surface area contributed by atoms with Crippen molar-refractivity contribution in [3.8, 4) is 11.4 Å². The van der Waals surface area contributed by atoms with Crippen LogP contribution in [0.25, 0.3) is 16.6 Å². The molecule has 38 heavy (non-hydrogen) atoms. The Bertz CT molecular complexity index is 1540. The Morgan fingerprint density at radius 2 is 1.68 bits per heavy atom. The van der Waals surface area contributed by atoms with Crippen molar-refractivity contribution >= 4 is 27.0 Å². The fourth-order valence-electron chi connectivity index (χ4n) is 4.68. The first-order chi connectivity index (χ1) is 18.4. The third-order valence-corrected chi connectivity index (χ3v) is 7.78. The number of benzene rings is 3. The molecule has 1 aromatic heterocycles. The molecule has 4 aromatic rings. The zero-order valence-corrected chi connectivity index (χ0v) is 22.2. The molecule has 1 saturated heterocycles. The Morgan fingerprint density at radius 1 is 0.974 bits per heavy atom. The van der Waals surface area contributed by atoms with Gasteiger partial charge in [0.1, 0.15) is 10.6 Å². The maximum absolute atomic E-state index is 13.4.